The molecule has 2 heterocycles. The molecule has 160 valence electrons. The summed E-state index contributed by atoms with van der Waals surface area (Å²) < 4.78 is 11.1. The first-order chi connectivity index (χ1) is 14.7. The lowest BCUT2D eigenvalue weighted by Crippen LogP contribution is -2.48. The molecule has 4 rings (SSSR count). The van der Waals surface area contributed by atoms with E-state index in [2.05, 4.69) is 45.4 Å². The summed E-state index contributed by atoms with van der Waals surface area (Å²) >= 11 is 0. The molecule has 0 bridgehead atoms. The van der Waals surface area contributed by atoms with Crippen molar-refractivity contribution >= 4 is 5.91 Å². The van der Waals surface area contributed by atoms with Crippen molar-refractivity contribution < 1.29 is 14.3 Å². The summed E-state index contributed by atoms with van der Waals surface area (Å²) in [4.78, 5) is 17.5. The van der Waals surface area contributed by atoms with Crippen molar-refractivity contribution in [1.29, 1.82) is 0 Å². The molecule has 6 heteroatoms. The van der Waals surface area contributed by atoms with Crippen LogP contribution in [0.1, 0.15) is 11.1 Å². The fourth-order valence-corrected chi connectivity index (χ4v) is 4.16. The standard InChI is InChI=1S/C24H31N3O3/c1-29-22-7-8-23-20(16-22)15-21(18-30-23)24(28)25-9-10-26-11-13-27(14-12-26)17-19-5-3-2-4-6-19/h2-8,16,21H,9-15,17-18H2,1H3,(H,25,28)/t21-/m1/s1. The predicted molar refractivity (Wildman–Crippen MR) is 117 cm³/mol. The third-order valence-corrected chi connectivity index (χ3v) is 5.99. The fourth-order valence-electron chi connectivity index (χ4n) is 4.16. The van der Waals surface area contributed by atoms with E-state index in [1.807, 2.05) is 18.2 Å². The van der Waals surface area contributed by atoms with E-state index < -0.39 is 0 Å². The Balaban J connectivity index is 1.17. The first-order valence-corrected chi connectivity index (χ1v) is 10.8. The lowest BCUT2D eigenvalue weighted by Gasteiger charge is -2.34. The number of benzene rings is 2. The Morgan fingerprint density at radius 2 is 1.87 bits per heavy atom. The van der Waals surface area contributed by atoms with Gasteiger partial charge in [0.2, 0.25) is 5.91 Å². The number of methoxy groups -OCH3 is 1. The van der Waals surface area contributed by atoms with Crippen LogP contribution in [0.25, 0.3) is 0 Å². The number of ether oxygens (including phenoxy) is 2. The minimum Gasteiger partial charge on any atom is -0.497 e. The average Bonchev–Trinajstić information content (AvgIpc) is 2.80. The van der Waals surface area contributed by atoms with Gasteiger partial charge in [0.25, 0.3) is 0 Å². The van der Waals surface area contributed by atoms with E-state index in [1.54, 1.807) is 7.11 Å². The van der Waals surface area contributed by atoms with Crippen molar-refractivity contribution in [2.24, 2.45) is 5.92 Å². The van der Waals surface area contributed by atoms with E-state index in [0.29, 0.717) is 19.6 Å². The first-order valence-electron chi connectivity index (χ1n) is 10.8. The molecule has 6 nitrogen and oxygen atoms in total. The number of fused-ring (bicyclic) bond motifs is 1. The van der Waals surface area contributed by atoms with Crippen molar-refractivity contribution in [1.82, 2.24) is 15.1 Å². The molecule has 0 unspecified atom stereocenters. The molecular formula is C24H31N3O3. The molecule has 0 saturated carbocycles. The Kier molecular flexibility index (Phi) is 6.87. The molecule has 1 N–H and O–H groups in total. The lowest BCUT2D eigenvalue weighted by molar-refractivity contribution is -0.126. The van der Waals surface area contributed by atoms with E-state index in [0.717, 1.165) is 56.3 Å². The van der Waals surface area contributed by atoms with Gasteiger partial charge in [0.05, 0.1) is 13.0 Å². The highest BCUT2D eigenvalue weighted by molar-refractivity contribution is 5.79. The molecule has 1 atom stereocenters. The molecule has 2 aliphatic rings. The van der Waals surface area contributed by atoms with Gasteiger partial charge in [0, 0.05) is 45.8 Å². The van der Waals surface area contributed by atoms with E-state index >= 15 is 0 Å². The molecule has 30 heavy (non-hydrogen) atoms. The summed E-state index contributed by atoms with van der Waals surface area (Å²) in [6, 6.07) is 16.4. The highest BCUT2D eigenvalue weighted by Crippen LogP contribution is 2.30. The van der Waals surface area contributed by atoms with Crippen LogP contribution in [0.4, 0.5) is 0 Å². The number of piperazine rings is 1. The van der Waals surface area contributed by atoms with Crippen LogP contribution in [0.5, 0.6) is 11.5 Å². The summed E-state index contributed by atoms with van der Waals surface area (Å²) in [5.41, 5.74) is 2.40. The first kappa shape index (κ1) is 20.7. The second kappa shape index (κ2) is 9.96. The largest absolute Gasteiger partial charge is 0.497 e. The molecule has 1 saturated heterocycles. The fraction of sp³-hybridized carbons (Fsp3) is 0.458. The quantitative estimate of drug-likeness (QED) is 0.760. The monoisotopic (exact) mass is 409 g/mol. The number of carbonyl (C=O) groups is 1. The van der Waals surface area contributed by atoms with Crippen LogP contribution in [-0.2, 0) is 17.8 Å². The van der Waals surface area contributed by atoms with Gasteiger partial charge >= 0.3 is 0 Å². The van der Waals surface area contributed by atoms with Crippen molar-refractivity contribution in [2.75, 3.05) is 53.0 Å². The maximum absolute atomic E-state index is 12.6. The summed E-state index contributed by atoms with van der Waals surface area (Å²) in [6.45, 7) is 7.24. The Hall–Kier alpha value is -2.57. The van der Waals surface area contributed by atoms with Gasteiger partial charge in [0.15, 0.2) is 0 Å². The van der Waals surface area contributed by atoms with Gasteiger partial charge in [-0.25, -0.2) is 0 Å². The van der Waals surface area contributed by atoms with E-state index in [-0.39, 0.29) is 11.8 Å². The van der Waals surface area contributed by atoms with Gasteiger partial charge in [-0.2, -0.15) is 0 Å². The van der Waals surface area contributed by atoms with E-state index in [9.17, 15) is 4.79 Å². The zero-order valence-electron chi connectivity index (χ0n) is 17.7. The smallest absolute Gasteiger partial charge is 0.226 e. The number of carbonyl (C=O) groups excluding carboxylic acids is 1. The SMILES string of the molecule is COc1ccc2c(c1)C[C@@H](C(=O)NCCN1CCN(Cc3ccccc3)CC1)CO2. The minimum atomic E-state index is -0.146. The Bertz CT molecular complexity index is 835. The van der Waals surface area contributed by atoms with Crippen LogP contribution < -0.4 is 14.8 Å². The van der Waals surface area contributed by atoms with Gasteiger partial charge < -0.3 is 14.8 Å². The number of nitrogens with one attached hydrogen (secondary N) is 1. The minimum absolute atomic E-state index is 0.0752. The van der Waals surface area contributed by atoms with Crippen LogP contribution in [0.2, 0.25) is 0 Å². The highest BCUT2D eigenvalue weighted by Gasteiger charge is 2.26. The molecule has 2 aliphatic heterocycles. The molecule has 1 fully saturated rings. The highest BCUT2D eigenvalue weighted by atomic mass is 16.5. The number of rotatable bonds is 7. The number of amides is 1. The zero-order valence-corrected chi connectivity index (χ0v) is 17.7. The molecule has 1 amide bonds. The van der Waals surface area contributed by atoms with Gasteiger partial charge in [0.1, 0.15) is 18.1 Å². The van der Waals surface area contributed by atoms with E-state index in [1.165, 1.54) is 5.56 Å². The van der Waals surface area contributed by atoms with Gasteiger partial charge in [-0.15, -0.1) is 0 Å². The maximum Gasteiger partial charge on any atom is 0.226 e. The summed E-state index contributed by atoms with van der Waals surface area (Å²) in [7, 11) is 1.65. The molecule has 0 aliphatic carbocycles. The van der Waals surface area contributed by atoms with Crippen LogP contribution in [0.15, 0.2) is 48.5 Å². The Morgan fingerprint density at radius 1 is 1.10 bits per heavy atom. The average molecular weight is 410 g/mol. The van der Waals surface area contributed by atoms with E-state index in [4.69, 9.17) is 9.47 Å². The zero-order chi connectivity index (χ0) is 20.8. The Labute approximate surface area is 178 Å². The lowest BCUT2D eigenvalue weighted by atomic mass is 9.96. The molecule has 2 aromatic rings. The molecule has 2 aromatic carbocycles. The van der Waals surface area contributed by atoms with Crippen LogP contribution in [0.3, 0.4) is 0 Å². The van der Waals surface area contributed by atoms with Crippen molar-refractivity contribution in [3.05, 3.63) is 59.7 Å². The number of hydrogen-bond acceptors (Lipinski definition) is 5. The van der Waals surface area contributed by atoms with Gasteiger partial charge in [-0.3, -0.25) is 14.6 Å². The van der Waals surface area contributed by atoms with Gasteiger partial charge in [-0.05, 0) is 35.7 Å². The predicted octanol–water partition coefficient (Wildman–Crippen LogP) is 2.18. The number of nitrogens with zero attached hydrogens (tertiary/aromatic N) is 2. The van der Waals surface area contributed by atoms with Crippen LogP contribution in [0, 0.1) is 5.92 Å². The molecule has 0 radical (unpaired) electrons. The third kappa shape index (κ3) is 5.32. The summed E-state index contributed by atoms with van der Waals surface area (Å²) in [6.07, 6.45) is 0.691. The third-order valence-electron chi connectivity index (χ3n) is 5.99. The number of hydrogen-bond donors (Lipinski definition) is 1. The normalized spacial score (nSPS) is 19.6. The molecule has 0 aromatic heterocycles. The van der Waals surface area contributed by atoms with Crippen molar-refractivity contribution in [3.8, 4) is 11.5 Å². The maximum atomic E-state index is 12.6. The summed E-state index contributed by atoms with van der Waals surface area (Å²) in [5, 5.41) is 3.10. The molecular weight excluding hydrogens is 378 g/mol. The van der Waals surface area contributed by atoms with Crippen molar-refractivity contribution in [3.63, 3.8) is 0 Å². The van der Waals surface area contributed by atoms with Crippen LogP contribution in [-0.4, -0.2) is 68.7 Å². The van der Waals surface area contributed by atoms with Gasteiger partial charge in [-0.1, -0.05) is 30.3 Å². The second-order valence-corrected chi connectivity index (χ2v) is 8.08. The second-order valence-electron chi connectivity index (χ2n) is 8.08. The Morgan fingerprint density at radius 3 is 2.63 bits per heavy atom. The summed E-state index contributed by atoms with van der Waals surface area (Å²) in [5.74, 6) is 1.58. The molecule has 0 spiro atoms. The topological polar surface area (TPSA) is 54.0 Å². The van der Waals surface area contributed by atoms with Crippen molar-refractivity contribution in [2.45, 2.75) is 13.0 Å². The van der Waals surface area contributed by atoms with Crippen LogP contribution >= 0.6 is 0 Å².